The van der Waals surface area contributed by atoms with Crippen LogP contribution < -0.4 is 11.3 Å². The third kappa shape index (κ3) is 3.23. The summed E-state index contributed by atoms with van der Waals surface area (Å²) in [5.74, 6) is 5.74. The van der Waals surface area contributed by atoms with E-state index in [2.05, 4.69) is 74.3 Å². The molecule has 0 spiro atoms. The number of halogens is 2. The van der Waals surface area contributed by atoms with Gasteiger partial charge in [0.2, 0.25) is 0 Å². The summed E-state index contributed by atoms with van der Waals surface area (Å²) in [5.41, 5.74) is 7.25. The lowest BCUT2D eigenvalue weighted by molar-refractivity contribution is 0.614. The van der Waals surface area contributed by atoms with Crippen LogP contribution in [0.25, 0.3) is 0 Å². The van der Waals surface area contributed by atoms with Crippen molar-refractivity contribution in [2.75, 3.05) is 0 Å². The van der Waals surface area contributed by atoms with Crippen molar-refractivity contribution in [1.29, 1.82) is 0 Å². The normalized spacial score (nSPS) is 12.5. The van der Waals surface area contributed by atoms with Crippen LogP contribution in [-0.2, 0) is 0 Å². The maximum atomic E-state index is 5.74. The number of pyridine rings is 1. The maximum absolute atomic E-state index is 5.74. The van der Waals surface area contributed by atoms with Gasteiger partial charge in [0.05, 0.1) is 11.7 Å². The summed E-state index contributed by atoms with van der Waals surface area (Å²) < 4.78 is 1.85. The Balaban J connectivity index is 2.52. The van der Waals surface area contributed by atoms with Crippen molar-refractivity contribution in [2.24, 2.45) is 5.84 Å². The molecule has 3 nitrogen and oxygen atoms in total. The first-order valence-electron chi connectivity index (χ1n) is 5.87. The molecule has 1 heterocycles. The summed E-state index contributed by atoms with van der Waals surface area (Å²) in [7, 11) is 0. The van der Waals surface area contributed by atoms with Crippen molar-refractivity contribution < 1.29 is 0 Å². The molecule has 19 heavy (non-hydrogen) atoms. The fraction of sp³-hybridized carbons (Fsp3) is 0.214. The molecule has 1 unspecified atom stereocenters. The van der Waals surface area contributed by atoms with Crippen LogP contribution in [-0.4, -0.2) is 4.98 Å². The summed E-state index contributed by atoms with van der Waals surface area (Å²) in [6.45, 7) is 4.15. The number of rotatable bonds is 3. The molecule has 0 amide bonds. The number of nitrogens with two attached hydrogens (primary N) is 1. The Kier molecular flexibility index (Phi) is 4.73. The molecule has 3 N–H and O–H groups in total. The number of nitrogens with one attached hydrogen (secondary N) is 1. The first-order valence-corrected chi connectivity index (χ1v) is 7.45. The Morgan fingerprint density at radius 3 is 2.58 bits per heavy atom. The SMILES string of the molecule is Cc1ccc(C)c(C(NN)c2ncc(Br)cc2Br)c1. The Bertz CT molecular complexity index is 599. The van der Waals surface area contributed by atoms with Crippen molar-refractivity contribution in [3.05, 3.63) is 61.8 Å². The van der Waals surface area contributed by atoms with Gasteiger partial charge in [-0.15, -0.1) is 0 Å². The van der Waals surface area contributed by atoms with Gasteiger partial charge >= 0.3 is 0 Å². The van der Waals surface area contributed by atoms with Crippen LogP contribution in [0.3, 0.4) is 0 Å². The molecule has 0 radical (unpaired) electrons. The molecule has 5 heteroatoms. The Hall–Kier alpha value is -0.750. The van der Waals surface area contributed by atoms with Crippen LogP contribution in [0.2, 0.25) is 0 Å². The van der Waals surface area contributed by atoms with E-state index in [0.29, 0.717) is 0 Å². The average Bonchev–Trinajstić information content (AvgIpc) is 2.36. The molecule has 0 fully saturated rings. The third-order valence-corrected chi connectivity index (χ3v) is 4.09. The van der Waals surface area contributed by atoms with Gasteiger partial charge in [0.1, 0.15) is 0 Å². The molecule has 0 saturated heterocycles. The number of hydrogen-bond acceptors (Lipinski definition) is 3. The zero-order chi connectivity index (χ0) is 14.0. The van der Waals surface area contributed by atoms with E-state index in [4.69, 9.17) is 5.84 Å². The van der Waals surface area contributed by atoms with Crippen molar-refractivity contribution in [1.82, 2.24) is 10.4 Å². The summed E-state index contributed by atoms with van der Waals surface area (Å²) in [6, 6.07) is 8.16. The highest BCUT2D eigenvalue weighted by Gasteiger charge is 2.19. The van der Waals surface area contributed by atoms with Gasteiger partial charge in [-0.05, 0) is 62.9 Å². The Morgan fingerprint density at radius 2 is 1.95 bits per heavy atom. The van der Waals surface area contributed by atoms with Gasteiger partial charge in [-0.3, -0.25) is 10.8 Å². The highest BCUT2D eigenvalue weighted by Crippen LogP contribution is 2.30. The molecule has 2 aromatic rings. The van der Waals surface area contributed by atoms with Gasteiger partial charge in [0.15, 0.2) is 0 Å². The molecule has 100 valence electrons. The van der Waals surface area contributed by atoms with Crippen molar-refractivity contribution in [3.8, 4) is 0 Å². The van der Waals surface area contributed by atoms with E-state index in [1.807, 2.05) is 6.07 Å². The third-order valence-electron chi connectivity index (χ3n) is 3.02. The van der Waals surface area contributed by atoms with Crippen molar-refractivity contribution in [3.63, 3.8) is 0 Å². The summed E-state index contributed by atoms with van der Waals surface area (Å²) in [6.07, 6.45) is 1.77. The monoisotopic (exact) mass is 383 g/mol. The van der Waals surface area contributed by atoms with E-state index in [1.54, 1.807) is 6.20 Å². The van der Waals surface area contributed by atoms with Gasteiger partial charge in [-0.1, -0.05) is 23.8 Å². The number of benzene rings is 1. The number of aromatic nitrogens is 1. The zero-order valence-electron chi connectivity index (χ0n) is 10.7. The van der Waals surface area contributed by atoms with Gasteiger partial charge in [-0.2, -0.15) is 0 Å². The predicted octanol–water partition coefficient (Wildman–Crippen LogP) is 3.78. The van der Waals surface area contributed by atoms with E-state index in [0.717, 1.165) is 20.2 Å². The molecule has 0 bridgehead atoms. The lowest BCUT2D eigenvalue weighted by Crippen LogP contribution is -2.30. The second kappa shape index (κ2) is 6.13. The Labute approximate surface area is 129 Å². The Morgan fingerprint density at radius 1 is 1.21 bits per heavy atom. The second-order valence-corrected chi connectivity index (χ2v) is 6.25. The highest BCUT2D eigenvalue weighted by molar-refractivity contribution is 9.11. The molecule has 0 aliphatic carbocycles. The molecule has 0 aliphatic heterocycles. The number of hydrazine groups is 1. The minimum Gasteiger partial charge on any atom is -0.271 e. The van der Waals surface area contributed by atoms with Gasteiger partial charge in [0, 0.05) is 15.1 Å². The fourth-order valence-electron chi connectivity index (χ4n) is 2.02. The van der Waals surface area contributed by atoms with Gasteiger partial charge < -0.3 is 0 Å². The van der Waals surface area contributed by atoms with E-state index in [-0.39, 0.29) is 6.04 Å². The van der Waals surface area contributed by atoms with E-state index in [1.165, 1.54) is 11.1 Å². The minimum atomic E-state index is -0.137. The first kappa shape index (κ1) is 14.7. The quantitative estimate of drug-likeness (QED) is 0.625. The molecule has 0 saturated carbocycles. The van der Waals surface area contributed by atoms with Gasteiger partial charge in [0.25, 0.3) is 0 Å². The number of nitrogens with zero attached hydrogens (tertiary/aromatic N) is 1. The van der Waals surface area contributed by atoms with E-state index in [9.17, 15) is 0 Å². The first-order chi connectivity index (χ1) is 9.02. The molecule has 2 rings (SSSR count). The molecular weight excluding hydrogens is 370 g/mol. The zero-order valence-corrected chi connectivity index (χ0v) is 13.9. The minimum absolute atomic E-state index is 0.137. The standard InChI is InChI=1S/C14H15Br2N3/c1-8-3-4-9(2)11(5-8)13(19-17)14-12(16)6-10(15)7-18-14/h3-7,13,19H,17H2,1-2H3. The lowest BCUT2D eigenvalue weighted by atomic mass is 9.97. The fourth-order valence-corrected chi connectivity index (χ4v) is 3.24. The number of hydrogen-bond donors (Lipinski definition) is 2. The maximum Gasteiger partial charge on any atom is 0.0895 e. The van der Waals surface area contributed by atoms with Crippen molar-refractivity contribution in [2.45, 2.75) is 19.9 Å². The number of aryl methyl sites for hydroxylation is 2. The van der Waals surface area contributed by atoms with E-state index >= 15 is 0 Å². The highest BCUT2D eigenvalue weighted by atomic mass is 79.9. The molecular formula is C14H15Br2N3. The summed E-state index contributed by atoms with van der Waals surface area (Å²) in [4.78, 5) is 4.46. The molecule has 1 atom stereocenters. The van der Waals surface area contributed by atoms with Crippen LogP contribution >= 0.6 is 31.9 Å². The van der Waals surface area contributed by atoms with Crippen LogP contribution in [0.5, 0.6) is 0 Å². The summed E-state index contributed by atoms with van der Waals surface area (Å²) >= 11 is 6.95. The van der Waals surface area contributed by atoms with Crippen LogP contribution in [0.4, 0.5) is 0 Å². The van der Waals surface area contributed by atoms with Crippen LogP contribution in [0.1, 0.15) is 28.4 Å². The topological polar surface area (TPSA) is 50.9 Å². The largest absolute Gasteiger partial charge is 0.271 e. The van der Waals surface area contributed by atoms with Gasteiger partial charge in [-0.25, -0.2) is 5.43 Å². The summed E-state index contributed by atoms with van der Waals surface area (Å²) in [5, 5.41) is 0. The van der Waals surface area contributed by atoms with Crippen LogP contribution in [0, 0.1) is 13.8 Å². The second-order valence-electron chi connectivity index (χ2n) is 4.48. The smallest absolute Gasteiger partial charge is 0.0895 e. The lowest BCUT2D eigenvalue weighted by Gasteiger charge is -2.20. The van der Waals surface area contributed by atoms with E-state index < -0.39 is 0 Å². The van der Waals surface area contributed by atoms with Crippen molar-refractivity contribution >= 4 is 31.9 Å². The molecule has 0 aliphatic rings. The average molecular weight is 385 g/mol. The van der Waals surface area contributed by atoms with Crippen LogP contribution in [0.15, 0.2) is 39.4 Å². The predicted molar refractivity (Wildman–Crippen MR) is 84.7 cm³/mol. The molecule has 1 aromatic carbocycles. The molecule has 1 aromatic heterocycles.